The van der Waals surface area contributed by atoms with Gasteiger partial charge < -0.3 is 4.90 Å². The number of thiophene rings is 1. The Balaban J connectivity index is 1.72. The summed E-state index contributed by atoms with van der Waals surface area (Å²) in [5.41, 5.74) is 2.49. The third-order valence-corrected chi connectivity index (χ3v) is 6.83. The normalized spacial score (nSPS) is 12.7. The Labute approximate surface area is 166 Å². The summed E-state index contributed by atoms with van der Waals surface area (Å²) in [6.07, 6.45) is 0.191. The van der Waals surface area contributed by atoms with E-state index in [9.17, 15) is 13.2 Å². The molecule has 0 saturated carbocycles. The number of amides is 1. The van der Waals surface area contributed by atoms with Gasteiger partial charge in [-0.05, 0) is 36.1 Å². The summed E-state index contributed by atoms with van der Waals surface area (Å²) in [5, 5.41) is 12.0. The van der Waals surface area contributed by atoms with Gasteiger partial charge >= 0.3 is 0 Å². The van der Waals surface area contributed by atoms with E-state index < -0.39 is 10.0 Å². The number of aromatic nitrogens is 1. The van der Waals surface area contributed by atoms with Crippen molar-refractivity contribution in [1.29, 1.82) is 0 Å². The van der Waals surface area contributed by atoms with Crippen LogP contribution in [0, 0.1) is 0 Å². The zero-order valence-corrected chi connectivity index (χ0v) is 17.3. The molecule has 0 aliphatic rings. The Hall–Kier alpha value is -2.07. The fraction of sp³-hybridized carbons (Fsp3) is 0.222. The molecule has 1 amide bonds. The molecule has 0 bridgehead atoms. The van der Waals surface area contributed by atoms with E-state index in [1.54, 1.807) is 35.4 Å². The van der Waals surface area contributed by atoms with E-state index >= 15 is 0 Å². The van der Waals surface area contributed by atoms with Crippen molar-refractivity contribution in [3.63, 3.8) is 0 Å². The molecule has 9 heteroatoms. The smallest absolute Gasteiger partial charge is 0.238 e. The van der Waals surface area contributed by atoms with Gasteiger partial charge in [-0.25, -0.2) is 18.5 Å². The fourth-order valence-corrected chi connectivity index (χ4v) is 4.68. The zero-order valence-electron chi connectivity index (χ0n) is 14.8. The van der Waals surface area contributed by atoms with Crippen molar-refractivity contribution in [3.05, 3.63) is 57.7 Å². The number of hydrogen-bond donors (Lipinski definition) is 1. The highest BCUT2D eigenvalue weighted by molar-refractivity contribution is 7.89. The number of hydrogen-bond acceptors (Lipinski definition) is 6. The molecular formula is C18H19N3O3S3. The van der Waals surface area contributed by atoms with Crippen molar-refractivity contribution in [3.8, 4) is 10.6 Å². The number of nitrogens with zero attached hydrogens (tertiary/aromatic N) is 2. The maximum atomic E-state index is 12.7. The number of carbonyl (C=O) groups excluding carboxylic acids is 1. The molecule has 2 N–H and O–H groups in total. The van der Waals surface area contributed by atoms with Crippen molar-refractivity contribution < 1.29 is 13.2 Å². The van der Waals surface area contributed by atoms with Crippen LogP contribution in [0.25, 0.3) is 10.6 Å². The van der Waals surface area contributed by atoms with Crippen LogP contribution in [0.1, 0.15) is 24.2 Å². The lowest BCUT2D eigenvalue weighted by molar-refractivity contribution is -0.131. The van der Waals surface area contributed by atoms with Gasteiger partial charge in [-0.15, -0.1) is 11.3 Å². The van der Waals surface area contributed by atoms with Crippen LogP contribution < -0.4 is 5.14 Å². The first-order valence-electron chi connectivity index (χ1n) is 8.11. The minimum atomic E-state index is -3.78. The number of rotatable bonds is 6. The average molecular weight is 422 g/mol. The predicted octanol–water partition coefficient (Wildman–Crippen LogP) is 3.28. The third kappa shape index (κ3) is 4.62. The van der Waals surface area contributed by atoms with Gasteiger partial charge in [0.05, 0.1) is 23.1 Å². The summed E-state index contributed by atoms with van der Waals surface area (Å²) in [5.74, 6) is -0.0920. The van der Waals surface area contributed by atoms with Crippen molar-refractivity contribution in [2.24, 2.45) is 5.14 Å². The number of primary sulfonamides is 1. The first-order chi connectivity index (χ1) is 12.8. The number of likely N-dealkylation sites (N-methyl/N-ethyl adjacent to an activating group) is 1. The number of carbonyl (C=O) groups is 1. The highest BCUT2D eigenvalue weighted by Gasteiger charge is 2.20. The molecular weight excluding hydrogens is 402 g/mol. The standard InChI is InChI=1S/C18H19N3O3S3/c1-12(13-4-3-5-16(8-13)27(19,23)24)21(2)17(22)9-15-11-26-18(20-15)14-6-7-25-10-14/h3-8,10-12H,9H2,1-2H3,(H2,19,23,24). The van der Waals surface area contributed by atoms with E-state index in [-0.39, 0.29) is 23.3 Å². The summed E-state index contributed by atoms with van der Waals surface area (Å²) in [6.45, 7) is 1.85. The summed E-state index contributed by atoms with van der Waals surface area (Å²) in [6, 6.07) is 8.05. The van der Waals surface area contributed by atoms with Gasteiger partial charge in [0.15, 0.2) is 0 Å². The van der Waals surface area contributed by atoms with Crippen molar-refractivity contribution in [2.45, 2.75) is 24.3 Å². The van der Waals surface area contributed by atoms with Gasteiger partial charge in [-0.3, -0.25) is 4.79 Å². The Kier molecular flexibility index (Phi) is 5.75. The van der Waals surface area contributed by atoms with Crippen LogP contribution >= 0.6 is 22.7 Å². The van der Waals surface area contributed by atoms with E-state index in [4.69, 9.17) is 5.14 Å². The van der Waals surface area contributed by atoms with Gasteiger partial charge in [0.2, 0.25) is 15.9 Å². The number of sulfonamides is 1. The highest BCUT2D eigenvalue weighted by atomic mass is 32.2. The van der Waals surface area contributed by atoms with Gasteiger partial charge in [0, 0.05) is 23.4 Å². The molecule has 0 fully saturated rings. The summed E-state index contributed by atoms with van der Waals surface area (Å²) >= 11 is 3.12. The molecule has 0 saturated heterocycles. The molecule has 2 heterocycles. The Morgan fingerprint density at radius 2 is 2.07 bits per heavy atom. The summed E-state index contributed by atoms with van der Waals surface area (Å²) in [7, 11) is -2.09. The van der Waals surface area contributed by atoms with E-state index in [1.807, 2.05) is 29.1 Å². The van der Waals surface area contributed by atoms with Crippen molar-refractivity contribution in [1.82, 2.24) is 9.88 Å². The first-order valence-corrected chi connectivity index (χ1v) is 11.5. The lowest BCUT2D eigenvalue weighted by Crippen LogP contribution is -2.31. The number of thiazole rings is 1. The van der Waals surface area contributed by atoms with Crippen molar-refractivity contribution in [2.75, 3.05) is 7.05 Å². The maximum Gasteiger partial charge on any atom is 0.238 e. The third-order valence-electron chi connectivity index (χ3n) is 4.30. The molecule has 6 nitrogen and oxygen atoms in total. The van der Waals surface area contributed by atoms with Crippen LogP contribution in [0.5, 0.6) is 0 Å². The molecule has 1 unspecified atom stereocenters. The van der Waals surface area contributed by atoms with Crippen LogP contribution in [-0.4, -0.2) is 31.3 Å². The highest BCUT2D eigenvalue weighted by Crippen LogP contribution is 2.27. The monoisotopic (exact) mass is 421 g/mol. The second-order valence-electron chi connectivity index (χ2n) is 6.13. The number of nitrogens with two attached hydrogens (primary N) is 1. The second-order valence-corrected chi connectivity index (χ2v) is 9.33. The van der Waals surface area contributed by atoms with E-state index in [0.717, 1.165) is 16.3 Å². The predicted molar refractivity (Wildman–Crippen MR) is 108 cm³/mol. The molecule has 1 aromatic carbocycles. The van der Waals surface area contributed by atoms with Crippen LogP contribution in [0.2, 0.25) is 0 Å². The molecule has 0 aliphatic heterocycles. The molecule has 1 atom stereocenters. The van der Waals surface area contributed by atoms with Crippen LogP contribution in [0.15, 0.2) is 51.4 Å². The van der Waals surface area contributed by atoms with E-state index in [0.29, 0.717) is 5.56 Å². The van der Waals surface area contributed by atoms with E-state index in [2.05, 4.69) is 4.98 Å². The quantitative estimate of drug-likeness (QED) is 0.661. The maximum absolute atomic E-state index is 12.7. The Morgan fingerprint density at radius 3 is 2.74 bits per heavy atom. The topological polar surface area (TPSA) is 93.4 Å². The molecule has 0 aliphatic carbocycles. The minimum Gasteiger partial charge on any atom is -0.339 e. The molecule has 27 heavy (non-hydrogen) atoms. The second kappa shape index (κ2) is 7.89. The van der Waals surface area contributed by atoms with Crippen LogP contribution in [-0.2, 0) is 21.2 Å². The Bertz CT molecular complexity index is 1040. The minimum absolute atomic E-state index is 0.0348. The average Bonchev–Trinajstić information content (AvgIpc) is 3.31. The van der Waals surface area contributed by atoms with Crippen LogP contribution in [0.4, 0.5) is 0 Å². The number of benzene rings is 1. The Morgan fingerprint density at radius 1 is 1.30 bits per heavy atom. The fourth-order valence-electron chi connectivity index (χ4n) is 2.58. The molecule has 142 valence electrons. The lowest BCUT2D eigenvalue weighted by Gasteiger charge is -2.25. The van der Waals surface area contributed by atoms with Gasteiger partial charge in [0.25, 0.3) is 0 Å². The molecule has 0 radical (unpaired) electrons. The largest absolute Gasteiger partial charge is 0.339 e. The summed E-state index contributed by atoms with van der Waals surface area (Å²) < 4.78 is 23.1. The van der Waals surface area contributed by atoms with E-state index in [1.165, 1.54) is 23.5 Å². The van der Waals surface area contributed by atoms with Gasteiger partial charge in [-0.1, -0.05) is 12.1 Å². The summed E-state index contributed by atoms with van der Waals surface area (Å²) in [4.78, 5) is 18.8. The molecule has 3 aromatic rings. The SMILES string of the molecule is CC(c1cccc(S(N)(=O)=O)c1)N(C)C(=O)Cc1csc(-c2ccsc2)n1. The first kappa shape index (κ1) is 19.7. The molecule has 3 rings (SSSR count). The van der Waals surface area contributed by atoms with Gasteiger partial charge in [0.1, 0.15) is 5.01 Å². The lowest BCUT2D eigenvalue weighted by atomic mass is 10.1. The molecule has 0 spiro atoms. The zero-order chi connectivity index (χ0) is 19.6. The van der Waals surface area contributed by atoms with Crippen molar-refractivity contribution >= 4 is 38.6 Å². The molecule has 2 aromatic heterocycles. The van der Waals surface area contributed by atoms with Gasteiger partial charge in [-0.2, -0.15) is 11.3 Å². The van der Waals surface area contributed by atoms with Crippen LogP contribution in [0.3, 0.4) is 0 Å².